The largest absolute Gasteiger partial charge is 0.493 e. The van der Waals surface area contributed by atoms with Gasteiger partial charge in [0.25, 0.3) is 0 Å². The van der Waals surface area contributed by atoms with Gasteiger partial charge < -0.3 is 10.1 Å². The highest BCUT2D eigenvalue weighted by molar-refractivity contribution is 5.46. The minimum absolute atomic E-state index is 0.0278. The van der Waals surface area contributed by atoms with E-state index in [0.29, 0.717) is 22.3 Å². The standard InChI is InChI=1S/C18H12F6N2O2/c19-17(20,21)11-7-12(18(22,23)24)9-13(8-11)26-15(27)14(25-16(26)28)6-10-4-2-1-3-5-10/h1-5,7-9,27H,6H2,(H,25,28). The van der Waals surface area contributed by atoms with Crippen molar-refractivity contribution in [1.82, 2.24) is 9.55 Å². The number of aromatic nitrogens is 2. The number of nitrogens with one attached hydrogen (secondary N) is 1. The fraction of sp³-hybridized carbons (Fsp3) is 0.167. The predicted molar refractivity (Wildman–Crippen MR) is 87.3 cm³/mol. The van der Waals surface area contributed by atoms with E-state index in [1.165, 1.54) is 0 Å². The van der Waals surface area contributed by atoms with Crippen LogP contribution in [0.25, 0.3) is 5.69 Å². The molecule has 3 aromatic rings. The molecule has 10 heteroatoms. The van der Waals surface area contributed by atoms with E-state index in [2.05, 4.69) is 4.98 Å². The number of benzene rings is 2. The first-order valence-corrected chi connectivity index (χ1v) is 7.83. The van der Waals surface area contributed by atoms with Crippen LogP contribution < -0.4 is 5.69 Å². The maximum absolute atomic E-state index is 13.0. The molecular formula is C18H12F6N2O2. The van der Waals surface area contributed by atoms with Gasteiger partial charge in [0.2, 0.25) is 5.88 Å². The highest BCUT2D eigenvalue weighted by atomic mass is 19.4. The Bertz CT molecular complexity index is 1020. The molecule has 3 rings (SSSR count). The van der Waals surface area contributed by atoms with E-state index in [-0.39, 0.29) is 18.2 Å². The molecule has 0 radical (unpaired) electrons. The van der Waals surface area contributed by atoms with Crippen LogP contribution in [0.1, 0.15) is 22.4 Å². The lowest BCUT2D eigenvalue weighted by Crippen LogP contribution is -2.18. The fourth-order valence-corrected chi connectivity index (χ4v) is 2.70. The quantitative estimate of drug-likeness (QED) is 0.634. The Morgan fingerprint density at radius 1 is 0.893 bits per heavy atom. The van der Waals surface area contributed by atoms with E-state index >= 15 is 0 Å². The van der Waals surface area contributed by atoms with Crippen molar-refractivity contribution < 1.29 is 31.4 Å². The summed E-state index contributed by atoms with van der Waals surface area (Å²) in [6.45, 7) is 0. The number of nitrogens with zero attached hydrogens (tertiary/aromatic N) is 1. The maximum atomic E-state index is 13.0. The van der Waals surface area contributed by atoms with E-state index in [9.17, 15) is 36.2 Å². The van der Waals surface area contributed by atoms with Gasteiger partial charge in [0, 0.05) is 6.42 Å². The SMILES string of the molecule is O=c1[nH]c(Cc2ccccc2)c(O)n1-c1cc(C(F)(F)F)cc(C(F)(F)F)c1. The van der Waals surface area contributed by atoms with Crippen molar-refractivity contribution in [3.8, 4) is 11.6 Å². The topological polar surface area (TPSA) is 58.0 Å². The first-order valence-electron chi connectivity index (χ1n) is 7.83. The second-order valence-electron chi connectivity index (χ2n) is 5.99. The summed E-state index contributed by atoms with van der Waals surface area (Å²) in [7, 11) is 0. The number of hydrogen-bond donors (Lipinski definition) is 2. The monoisotopic (exact) mass is 402 g/mol. The summed E-state index contributed by atoms with van der Waals surface area (Å²) in [6.07, 6.45) is -10.1. The van der Waals surface area contributed by atoms with E-state index in [0.717, 1.165) is 0 Å². The van der Waals surface area contributed by atoms with Crippen LogP contribution in [0.2, 0.25) is 0 Å². The van der Waals surface area contributed by atoms with E-state index in [4.69, 9.17) is 0 Å². The molecular weight excluding hydrogens is 390 g/mol. The van der Waals surface area contributed by atoms with Gasteiger partial charge in [-0.1, -0.05) is 30.3 Å². The van der Waals surface area contributed by atoms with Gasteiger partial charge in [-0.25, -0.2) is 9.36 Å². The summed E-state index contributed by atoms with van der Waals surface area (Å²) < 4.78 is 78.5. The summed E-state index contributed by atoms with van der Waals surface area (Å²) >= 11 is 0. The van der Waals surface area contributed by atoms with Crippen molar-refractivity contribution in [2.45, 2.75) is 18.8 Å². The van der Waals surface area contributed by atoms with Crippen LogP contribution in [0.4, 0.5) is 26.3 Å². The summed E-state index contributed by atoms with van der Waals surface area (Å²) in [6, 6.07) is 9.19. The highest BCUT2D eigenvalue weighted by Crippen LogP contribution is 2.37. The Morgan fingerprint density at radius 2 is 1.43 bits per heavy atom. The highest BCUT2D eigenvalue weighted by Gasteiger charge is 2.37. The lowest BCUT2D eigenvalue weighted by atomic mass is 10.1. The molecule has 0 spiro atoms. The molecule has 0 saturated carbocycles. The summed E-state index contributed by atoms with van der Waals surface area (Å²) in [5.74, 6) is -0.763. The molecule has 2 aromatic carbocycles. The normalized spacial score (nSPS) is 12.4. The van der Waals surface area contributed by atoms with Crippen molar-refractivity contribution in [2.75, 3.05) is 0 Å². The molecule has 148 valence electrons. The molecule has 0 atom stereocenters. The molecule has 0 aliphatic heterocycles. The first-order chi connectivity index (χ1) is 13.0. The average molecular weight is 402 g/mol. The van der Waals surface area contributed by atoms with Gasteiger partial charge in [-0.15, -0.1) is 0 Å². The summed E-state index contributed by atoms with van der Waals surface area (Å²) in [5.41, 5.74) is -4.35. The van der Waals surface area contributed by atoms with E-state index in [1.807, 2.05) is 0 Å². The maximum Gasteiger partial charge on any atom is 0.416 e. The van der Waals surface area contributed by atoms with Crippen LogP contribution in [-0.4, -0.2) is 14.7 Å². The number of rotatable bonds is 3. The minimum Gasteiger partial charge on any atom is -0.493 e. The second-order valence-corrected chi connectivity index (χ2v) is 5.99. The molecule has 0 saturated heterocycles. The molecule has 0 aliphatic carbocycles. The molecule has 0 bridgehead atoms. The molecule has 1 heterocycles. The molecule has 1 aromatic heterocycles. The Balaban J connectivity index is 2.14. The number of imidazole rings is 1. The second kappa shape index (κ2) is 6.77. The number of alkyl halides is 6. The van der Waals surface area contributed by atoms with Crippen LogP contribution >= 0.6 is 0 Å². The number of hydrogen-bond acceptors (Lipinski definition) is 2. The molecule has 28 heavy (non-hydrogen) atoms. The van der Waals surface area contributed by atoms with Crippen molar-refractivity contribution >= 4 is 0 Å². The smallest absolute Gasteiger partial charge is 0.416 e. The number of aromatic amines is 1. The van der Waals surface area contributed by atoms with E-state index in [1.54, 1.807) is 30.3 Å². The Kier molecular flexibility index (Phi) is 4.74. The zero-order valence-corrected chi connectivity index (χ0v) is 13.9. The van der Waals surface area contributed by atoms with Gasteiger partial charge in [-0.05, 0) is 23.8 Å². The lowest BCUT2D eigenvalue weighted by molar-refractivity contribution is -0.143. The average Bonchev–Trinajstić information content (AvgIpc) is 2.87. The van der Waals surface area contributed by atoms with Crippen molar-refractivity contribution in [3.05, 3.63) is 81.4 Å². The van der Waals surface area contributed by atoms with Gasteiger partial charge >= 0.3 is 18.0 Å². The lowest BCUT2D eigenvalue weighted by Gasteiger charge is -2.14. The van der Waals surface area contributed by atoms with Crippen LogP contribution in [-0.2, 0) is 18.8 Å². The third kappa shape index (κ3) is 3.90. The molecule has 0 unspecified atom stereocenters. The zero-order valence-electron chi connectivity index (χ0n) is 13.9. The predicted octanol–water partition coefficient (Wildman–Crippen LogP) is 4.50. The number of H-pyrrole nitrogens is 1. The molecule has 4 nitrogen and oxygen atoms in total. The third-order valence-corrected chi connectivity index (χ3v) is 4.00. The zero-order chi connectivity index (χ0) is 20.7. The van der Waals surface area contributed by atoms with Crippen LogP contribution in [0.15, 0.2) is 53.3 Å². The van der Waals surface area contributed by atoms with Crippen LogP contribution in [0, 0.1) is 0 Å². The number of halogens is 6. The molecule has 0 amide bonds. The molecule has 0 fully saturated rings. The van der Waals surface area contributed by atoms with Gasteiger partial charge in [0.05, 0.1) is 22.5 Å². The molecule has 0 aliphatic rings. The summed E-state index contributed by atoms with van der Waals surface area (Å²) in [4.78, 5) is 14.4. The van der Waals surface area contributed by atoms with Gasteiger partial charge in [-0.3, -0.25) is 0 Å². The number of aromatic hydroxyl groups is 1. The first kappa shape index (κ1) is 19.6. The minimum atomic E-state index is -5.07. The van der Waals surface area contributed by atoms with Crippen molar-refractivity contribution in [3.63, 3.8) is 0 Å². The fourth-order valence-electron chi connectivity index (χ4n) is 2.70. The Hall–Kier alpha value is -3.17. The van der Waals surface area contributed by atoms with Crippen molar-refractivity contribution in [2.24, 2.45) is 0 Å². The van der Waals surface area contributed by atoms with Gasteiger partial charge in [0.15, 0.2) is 0 Å². The van der Waals surface area contributed by atoms with E-state index < -0.39 is 40.7 Å². The Labute approximate surface area is 153 Å². The third-order valence-electron chi connectivity index (χ3n) is 4.00. The van der Waals surface area contributed by atoms with Crippen LogP contribution in [0.3, 0.4) is 0 Å². The molecule has 2 N–H and O–H groups in total. The van der Waals surface area contributed by atoms with Gasteiger partial charge in [-0.2, -0.15) is 26.3 Å². The Morgan fingerprint density at radius 3 is 1.93 bits per heavy atom. The summed E-state index contributed by atoms with van der Waals surface area (Å²) in [5, 5.41) is 10.3. The van der Waals surface area contributed by atoms with Crippen molar-refractivity contribution in [1.29, 1.82) is 0 Å². The van der Waals surface area contributed by atoms with Crippen LogP contribution in [0.5, 0.6) is 5.88 Å². The van der Waals surface area contributed by atoms with Gasteiger partial charge in [0.1, 0.15) is 0 Å².